The summed E-state index contributed by atoms with van der Waals surface area (Å²) in [4.78, 5) is 0. The first-order valence-electron chi connectivity index (χ1n) is 5.80. The first-order chi connectivity index (χ1) is 8.70. The Balaban J connectivity index is 2.54. The van der Waals surface area contributed by atoms with E-state index in [1.165, 1.54) is 0 Å². The molecule has 2 nitrogen and oxygen atoms in total. The Morgan fingerprint density at radius 1 is 1.26 bits per heavy atom. The molecule has 1 aromatic carbocycles. The van der Waals surface area contributed by atoms with Gasteiger partial charge >= 0.3 is 6.18 Å². The lowest BCUT2D eigenvalue weighted by Gasteiger charge is -2.16. The molecule has 0 aliphatic carbocycles. The molecule has 19 heavy (non-hydrogen) atoms. The van der Waals surface area contributed by atoms with Gasteiger partial charge in [-0.15, -0.1) is 0 Å². The van der Waals surface area contributed by atoms with Gasteiger partial charge in [0.15, 0.2) is 0 Å². The summed E-state index contributed by atoms with van der Waals surface area (Å²) < 4.78 is 40.1. The maximum Gasteiger partial charge on any atom is 0.411 e. The number of benzene rings is 1. The minimum Gasteiger partial charge on any atom is -0.388 e. The van der Waals surface area contributed by atoms with E-state index in [0.29, 0.717) is 10.6 Å². The second-order valence-corrected chi connectivity index (χ2v) is 4.84. The highest BCUT2D eigenvalue weighted by Crippen LogP contribution is 2.26. The second kappa shape index (κ2) is 6.59. The summed E-state index contributed by atoms with van der Waals surface area (Å²) in [5.41, 5.74) is 2.29. The predicted octanol–water partition coefficient (Wildman–Crippen LogP) is 3.96. The van der Waals surface area contributed by atoms with Crippen molar-refractivity contribution in [1.82, 2.24) is 0 Å². The zero-order valence-corrected chi connectivity index (χ0v) is 11.5. The monoisotopic (exact) mass is 296 g/mol. The number of aryl methyl sites for hydroxylation is 2. The quantitative estimate of drug-likeness (QED) is 0.834. The van der Waals surface area contributed by atoms with Crippen LogP contribution >= 0.6 is 11.6 Å². The van der Waals surface area contributed by atoms with E-state index in [-0.39, 0.29) is 13.0 Å². The lowest BCUT2D eigenvalue weighted by atomic mass is 9.99. The van der Waals surface area contributed by atoms with Crippen LogP contribution in [0.3, 0.4) is 0 Å². The van der Waals surface area contributed by atoms with Crippen LogP contribution in [0.2, 0.25) is 5.02 Å². The van der Waals surface area contributed by atoms with Gasteiger partial charge in [0.05, 0.1) is 6.10 Å². The molecule has 0 fully saturated rings. The molecule has 1 unspecified atom stereocenters. The van der Waals surface area contributed by atoms with Gasteiger partial charge in [-0.2, -0.15) is 13.2 Å². The molecule has 0 aliphatic heterocycles. The highest BCUT2D eigenvalue weighted by atomic mass is 35.5. The van der Waals surface area contributed by atoms with Gasteiger partial charge in [0.25, 0.3) is 0 Å². The molecule has 0 saturated carbocycles. The van der Waals surface area contributed by atoms with Crippen LogP contribution in [-0.4, -0.2) is 24.5 Å². The molecule has 1 atom stereocenters. The summed E-state index contributed by atoms with van der Waals surface area (Å²) in [6, 6.07) is 3.47. The number of ether oxygens (including phenoxy) is 1. The predicted molar refractivity (Wildman–Crippen MR) is 67.4 cm³/mol. The largest absolute Gasteiger partial charge is 0.411 e. The van der Waals surface area contributed by atoms with E-state index in [1.807, 2.05) is 0 Å². The number of aliphatic hydroxyl groups is 1. The minimum atomic E-state index is -4.34. The molecule has 0 aromatic heterocycles. The van der Waals surface area contributed by atoms with E-state index in [0.717, 1.165) is 11.1 Å². The third-order valence-electron chi connectivity index (χ3n) is 2.71. The normalized spacial score (nSPS) is 13.6. The molecule has 108 valence electrons. The lowest BCUT2D eigenvalue weighted by Crippen LogP contribution is -2.18. The fourth-order valence-corrected chi connectivity index (χ4v) is 1.92. The van der Waals surface area contributed by atoms with Crippen molar-refractivity contribution in [2.24, 2.45) is 0 Å². The number of alkyl halides is 3. The highest BCUT2D eigenvalue weighted by Gasteiger charge is 2.27. The molecule has 1 rings (SSSR count). The fourth-order valence-electron chi connectivity index (χ4n) is 1.70. The number of rotatable bonds is 5. The standard InChI is InChI=1S/C13H16ClF3O2/c1-8-6-11(14)9(2)5-10(8)12(18)3-4-19-7-13(15,16)17/h5-6,12,18H,3-4,7H2,1-2H3. The van der Waals surface area contributed by atoms with Crippen LogP contribution in [0.5, 0.6) is 0 Å². The molecule has 6 heteroatoms. The van der Waals surface area contributed by atoms with Gasteiger partial charge in [0, 0.05) is 18.1 Å². The van der Waals surface area contributed by atoms with Crippen LogP contribution in [0.1, 0.15) is 29.2 Å². The minimum absolute atomic E-state index is 0.109. The SMILES string of the molecule is Cc1cc(C(O)CCOCC(F)(F)F)c(C)cc1Cl. The van der Waals surface area contributed by atoms with Crippen molar-refractivity contribution >= 4 is 11.6 Å². The molecule has 1 aromatic rings. The van der Waals surface area contributed by atoms with Crippen LogP contribution in [0.25, 0.3) is 0 Å². The third-order valence-corrected chi connectivity index (χ3v) is 3.11. The lowest BCUT2D eigenvalue weighted by molar-refractivity contribution is -0.175. The van der Waals surface area contributed by atoms with Gasteiger partial charge < -0.3 is 9.84 Å². The van der Waals surface area contributed by atoms with Crippen molar-refractivity contribution in [3.8, 4) is 0 Å². The summed E-state index contributed by atoms with van der Waals surface area (Å²) in [6.07, 6.45) is -5.08. The van der Waals surface area contributed by atoms with Crippen molar-refractivity contribution in [1.29, 1.82) is 0 Å². The van der Waals surface area contributed by atoms with Crippen LogP contribution in [0.15, 0.2) is 12.1 Å². The molecule has 0 spiro atoms. The summed E-state index contributed by atoms with van der Waals surface area (Å²) in [7, 11) is 0. The number of hydrogen-bond donors (Lipinski definition) is 1. The van der Waals surface area contributed by atoms with Crippen molar-refractivity contribution in [2.75, 3.05) is 13.2 Å². The summed E-state index contributed by atoms with van der Waals surface area (Å²) in [5.74, 6) is 0. The molecule has 0 heterocycles. The maximum atomic E-state index is 11.9. The number of aliphatic hydroxyl groups excluding tert-OH is 1. The summed E-state index contributed by atoms with van der Waals surface area (Å²) in [6.45, 7) is 2.15. The van der Waals surface area contributed by atoms with Gasteiger partial charge in [-0.25, -0.2) is 0 Å². The summed E-state index contributed by atoms with van der Waals surface area (Å²) in [5, 5.41) is 10.5. The number of halogens is 4. The first kappa shape index (κ1) is 16.3. The van der Waals surface area contributed by atoms with Crippen molar-refractivity contribution in [2.45, 2.75) is 32.5 Å². The average molecular weight is 297 g/mol. The van der Waals surface area contributed by atoms with Crippen LogP contribution in [-0.2, 0) is 4.74 Å². The Morgan fingerprint density at radius 2 is 1.89 bits per heavy atom. The third kappa shape index (κ3) is 5.38. The van der Waals surface area contributed by atoms with Crippen molar-refractivity contribution in [3.63, 3.8) is 0 Å². The first-order valence-corrected chi connectivity index (χ1v) is 6.17. The van der Waals surface area contributed by atoms with Gasteiger partial charge in [-0.05, 0) is 36.6 Å². The zero-order chi connectivity index (χ0) is 14.6. The Morgan fingerprint density at radius 3 is 2.47 bits per heavy atom. The summed E-state index contributed by atoms with van der Waals surface area (Å²) >= 11 is 5.94. The van der Waals surface area contributed by atoms with Gasteiger partial charge in [0.1, 0.15) is 6.61 Å². The molecule has 0 saturated heterocycles. The van der Waals surface area contributed by atoms with E-state index in [2.05, 4.69) is 4.74 Å². The topological polar surface area (TPSA) is 29.5 Å². The van der Waals surface area contributed by atoms with Crippen LogP contribution in [0, 0.1) is 13.8 Å². The molecule has 0 amide bonds. The van der Waals surface area contributed by atoms with E-state index in [4.69, 9.17) is 11.6 Å². The van der Waals surface area contributed by atoms with Gasteiger partial charge in [0.2, 0.25) is 0 Å². The molecule has 1 N–H and O–H groups in total. The molecule has 0 bridgehead atoms. The van der Waals surface area contributed by atoms with Gasteiger partial charge in [-0.1, -0.05) is 17.7 Å². The zero-order valence-electron chi connectivity index (χ0n) is 10.7. The van der Waals surface area contributed by atoms with E-state index < -0.39 is 18.9 Å². The van der Waals surface area contributed by atoms with Crippen molar-refractivity contribution in [3.05, 3.63) is 33.8 Å². The second-order valence-electron chi connectivity index (χ2n) is 4.43. The smallest absolute Gasteiger partial charge is 0.388 e. The molecule has 0 aliphatic rings. The average Bonchev–Trinajstić information content (AvgIpc) is 2.28. The fraction of sp³-hybridized carbons (Fsp3) is 0.538. The maximum absolute atomic E-state index is 11.9. The Bertz CT molecular complexity index is 433. The van der Waals surface area contributed by atoms with E-state index in [9.17, 15) is 18.3 Å². The molecule has 0 radical (unpaired) electrons. The molecular weight excluding hydrogens is 281 g/mol. The Hall–Kier alpha value is -0.780. The van der Waals surface area contributed by atoms with Gasteiger partial charge in [-0.3, -0.25) is 0 Å². The number of hydrogen-bond acceptors (Lipinski definition) is 2. The van der Waals surface area contributed by atoms with Crippen LogP contribution < -0.4 is 0 Å². The Kier molecular flexibility index (Phi) is 5.64. The van der Waals surface area contributed by atoms with E-state index in [1.54, 1.807) is 26.0 Å². The van der Waals surface area contributed by atoms with Crippen LogP contribution in [0.4, 0.5) is 13.2 Å². The molecular formula is C13H16ClF3O2. The highest BCUT2D eigenvalue weighted by molar-refractivity contribution is 6.31. The van der Waals surface area contributed by atoms with Crippen molar-refractivity contribution < 1.29 is 23.0 Å². The van der Waals surface area contributed by atoms with E-state index >= 15 is 0 Å². The Labute approximate surface area is 115 Å².